The Bertz CT molecular complexity index is 488. The van der Waals surface area contributed by atoms with Crippen molar-refractivity contribution in [3.8, 4) is 0 Å². The van der Waals surface area contributed by atoms with Gasteiger partial charge in [-0.05, 0) is 0 Å². The number of hydrogen-bond donors (Lipinski definition) is 2. The van der Waals surface area contributed by atoms with Gasteiger partial charge < -0.3 is 15.0 Å². The number of aliphatic hydroxyl groups is 1. The minimum Gasteiger partial charge on any atom is -0.395 e. The van der Waals surface area contributed by atoms with E-state index in [9.17, 15) is 14.4 Å². The lowest BCUT2D eigenvalue weighted by Crippen LogP contribution is -2.42. The van der Waals surface area contributed by atoms with E-state index in [1.54, 1.807) is 0 Å². The zero-order valence-electron chi connectivity index (χ0n) is 8.84. The van der Waals surface area contributed by atoms with E-state index in [0.717, 1.165) is 9.13 Å². The number of carbonyl (C=O) groups excluding carboxylic acids is 1. The van der Waals surface area contributed by atoms with Crippen LogP contribution in [0.15, 0.2) is 22.0 Å². The molecule has 0 radical (unpaired) electrons. The number of rotatable bonds is 4. The number of nitrogens with one attached hydrogen (secondary N) is 1. The van der Waals surface area contributed by atoms with Gasteiger partial charge in [0.1, 0.15) is 6.54 Å². The molecule has 7 heteroatoms. The zero-order valence-corrected chi connectivity index (χ0v) is 8.84. The first-order valence-corrected chi connectivity index (χ1v) is 4.70. The smallest absolute Gasteiger partial charge is 0.316 e. The summed E-state index contributed by atoms with van der Waals surface area (Å²) in [6.45, 7) is -0.273. The van der Waals surface area contributed by atoms with E-state index in [2.05, 4.69) is 5.32 Å². The van der Waals surface area contributed by atoms with E-state index in [1.807, 2.05) is 0 Å². The molecule has 1 aromatic heterocycles. The molecule has 0 aliphatic rings. The molecule has 88 valence electrons. The first-order valence-electron chi connectivity index (χ1n) is 4.70. The molecule has 0 aliphatic heterocycles. The third-order valence-electron chi connectivity index (χ3n) is 1.98. The van der Waals surface area contributed by atoms with Crippen LogP contribution >= 0.6 is 0 Å². The van der Waals surface area contributed by atoms with Gasteiger partial charge in [-0.15, -0.1) is 0 Å². The molecule has 0 saturated carbocycles. The Kier molecular flexibility index (Phi) is 4.01. The second-order valence-corrected chi connectivity index (χ2v) is 3.22. The molecule has 2 N–H and O–H groups in total. The van der Waals surface area contributed by atoms with Crippen LogP contribution in [0.25, 0.3) is 0 Å². The molecular weight excluding hydrogens is 214 g/mol. The zero-order chi connectivity index (χ0) is 12.1. The van der Waals surface area contributed by atoms with Crippen molar-refractivity contribution in [2.24, 2.45) is 7.05 Å². The van der Waals surface area contributed by atoms with Gasteiger partial charge in [0.25, 0.3) is 0 Å². The summed E-state index contributed by atoms with van der Waals surface area (Å²) in [4.78, 5) is 33.9. The van der Waals surface area contributed by atoms with E-state index in [0.29, 0.717) is 0 Å². The summed E-state index contributed by atoms with van der Waals surface area (Å²) in [7, 11) is 1.46. The molecule has 0 fully saturated rings. The van der Waals surface area contributed by atoms with E-state index < -0.39 is 17.0 Å². The van der Waals surface area contributed by atoms with Crippen LogP contribution in [0.1, 0.15) is 0 Å². The largest absolute Gasteiger partial charge is 0.395 e. The maximum atomic E-state index is 11.4. The van der Waals surface area contributed by atoms with Crippen LogP contribution in [0.5, 0.6) is 0 Å². The first-order chi connectivity index (χ1) is 7.56. The minimum absolute atomic E-state index is 0.123. The molecule has 1 rings (SSSR count). The monoisotopic (exact) mass is 227 g/mol. The van der Waals surface area contributed by atoms with Crippen LogP contribution in [-0.2, 0) is 18.4 Å². The SMILES string of the molecule is Cn1ccn(CC(=O)NCCO)c(=O)c1=O. The molecule has 1 amide bonds. The number of amides is 1. The van der Waals surface area contributed by atoms with Crippen LogP contribution < -0.4 is 16.4 Å². The standard InChI is InChI=1S/C9H13N3O4/c1-11-3-4-12(9(16)8(11)15)6-7(14)10-2-5-13/h3-4,13H,2,5-6H2,1H3,(H,10,14). The summed E-state index contributed by atoms with van der Waals surface area (Å²) in [6, 6.07) is 0. The topological polar surface area (TPSA) is 93.3 Å². The molecule has 0 aromatic carbocycles. The molecule has 0 bridgehead atoms. The molecule has 1 aromatic rings. The quantitative estimate of drug-likeness (QED) is 0.563. The Morgan fingerprint density at radius 2 is 2.06 bits per heavy atom. The number of hydrogen-bond acceptors (Lipinski definition) is 4. The number of nitrogens with zero attached hydrogens (tertiary/aromatic N) is 2. The van der Waals surface area contributed by atoms with Gasteiger partial charge in [-0.2, -0.15) is 0 Å². The molecular formula is C9H13N3O4. The Hall–Kier alpha value is -1.89. The van der Waals surface area contributed by atoms with Crippen molar-refractivity contribution in [2.75, 3.05) is 13.2 Å². The fourth-order valence-electron chi connectivity index (χ4n) is 1.12. The normalized spacial score (nSPS) is 10.1. The Balaban J connectivity index is 2.83. The van der Waals surface area contributed by atoms with Gasteiger partial charge in [0.2, 0.25) is 5.91 Å². The molecule has 16 heavy (non-hydrogen) atoms. The van der Waals surface area contributed by atoms with Crippen molar-refractivity contribution in [2.45, 2.75) is 6.54 Å². The van der Waals surface area contributed by atoms with Crippen LogP contribution in [0.4, 0.5) is 0 Å². The molecule has 0 aliphatic carbocycles. The van der Waals surface area contributed by atoms with Crippen molar-refractivity contribution < 1.29 is 9.90 Å². The maximum absolute atomic E-state index is 11.4. The summed E-state index contributed by atoms with van der Waals surface area (Å²) < 4.78 is 2.17. The molecule has 0 saturated heterocycles. The number of aromatic nitrogens is 2. The summed E-state index contributed by atoms with van der Waals surface area (Å²) in [5.74, 6) is -0.426. The molecule has 0 spiro atoms. The third-order valence-corrected chi connectivity index (χ3v) is 1.98. The van der Waals surface area contributed by atoms with Crippen LogP contribution in [0.2, 0.25) is 0 Å². The Morgan fingerprint density at radius 1 is 1.38 bits per heavy atom. The van der Waals surface area contributed by atoms with Gasteiger partial charge in [0, 0.05) is 26.0 Å². The van der Waals surface area contributed by atoms with Gasteiger partial charge in [0.05, 0.1) is 6.61 Å². The summed E-state index contributed by atoms with van der Waals surface area (Å²) in [6.07, 6.45) is 2.77. The first kappa shape index (κ1) is 12.2. The van der Waals surface area contributed by atoms with Gasteiger partial charge in [-0.25, -0.2) is 0 Å². The average Bonchev–Trinajstić information content (AvgIpc) is 2.27. The van der Waals surface area contributed by atoms with Crippen molar-refractivity contribution >= 4 is 5.91 Å². The maximum Gasteiger partial charge on any atom is 0.316 e. The Morgan fingerprint density at radius 3 is 2.69 bits per heavy atom. The number of aliphatic hydroxyl groups excluding tert-OH is 1. The number of carbonyl (C=O) groups is 1. The van der Waals surface area contributed by atoms with E-state index in [1.165, 1.54) is 19.4 Å². The van der Waals surface area contributed by atoms with Crippen molar-refractivity contribution in [3.63, 3.8) is 0 Å². The lowest BCUT2D eigenvalue weighted by Gasteiger charge is -2.06. The van der Waals surface area contributed by atoms with Crippen LogP contribution in [-0.4, -0.2) is 33.3 Å². The lowest BCUT2D eigenvalue weighted by atomic mass is 10.5. The van der Waals surface area contributed by atoms with Gasteiger partial charge in [0.15, 0.2) is 0 Å². The molecule has 0 unspecified atom stereocenters. The minimum atomic E-state index is -0.746. The second-order valence-electron chi connectivity index (χ2n) is 3.22. The highest BCUT2D eigenvalue weighted by molar-refractivity contribution is 5.75. The van der Waals surface area contributed by atoms with Gasteiger partial charge in [-0.1, -0.05) is 0 Å². The second kappa shape index (κ2) is 5.26. The summed E-state index contributed by atoms with van der Waals surface area (Å²) >= 11 is 0. The highest BCUT2D eigenvalue weighted by atomic mass is 16.3. The summed E-state index contributed by atoms with van der Waals surface area (Å²) in [5, 5.41) is 10.9. The van der Waals surface area contributed by atoms with E-state index >= 15 is 0 Å². The number of aryl methyl sites for hydroxylation is 1. The lowest BCUT2D eigenvalue weighted by molar-refractivity contribution is -0.121. The third kappa shape index (κ3) is 2.80. The van der Waals surface area contributed by atoms with E-state index in [-0.39, 0.29) is 19.7 Å². The van der Waals surface area contributed by atoms with E-state index in [4.69, 9.17) is 5.11 Å². The molecule has 7 nitrogen and oxygen atoms in total. The van der Waals surface area contributed by atoms with Crippen molar-refractivity contribution in [1.82, 2.24) is 14.5 Å². The van der Waals surface area contributed by atoms with Crippen molar-refractivity contribution in [1.29, 1.82) is 0 Å². The van der Waals surface area contributed by atoms with Gasteiger partial charge in [-0.3, -0.25) is 19.0 Å². The predicted octanol–water partition coefficient (Wildman–Crippen LogP) is -2.34. The van der Waals surface area contributed by atoms with Crippen molar-refractivity contribution in [3.05, 3.63) is 33.1 Å². The Labute approximate surface area is 90.9 Å². The average molecular weight is 227 g/mol. The summed E-state index contributed by atoms with van der Waals surface area (Å²) in [5.41, 5.74) is -1.43. The predicted molar refractivity (Wildman–Crippen MR) is 56.0 cm³/mol. The highest BCUT2D eigenvalue weighted by Gasteiger charge is 2.06. The molecule has 1 heterocycles. The van der Waals surface area contributed by atoms with Gasteiger partial charge >= 0.3 is 11.1 Å². The fourth-order valence-corrected chi connectivity index (χ4v) is 1.12. The fraction of sp³-hybridized carbons (Fsp3) is 0.444. The highest BCUT2D eigenvalue weighted by Crippen LogP contribution is 1.79. The molecule has 0 atom stereocenters. The van der Waals surface area contributed by atoms with Crippen LogP contribution in [0.3, 0.4) is 0 Å². The van der Waals surface area contributed by atoms with Crippen LogP contribution in [0, 0.1) is 0 Å².